The Labute approximate surface area is 53.2 Å². The zero-order valence-electron chi connectivity index (χ0n) is 2.10. The Morgan fingerprint density at radius 1 is 1.00 bits per heavy atom. The maximum absolute atomic E-state index is 3.78. The van der Waals surface area contributed by atoms with Crippen molar-refractivity contribution in [2.24, 2.45) is 0 Å². The topological polar surface area (TPSA) is 0 Å². The second-order valence-electron chi connectivity index (χ2n) is 0.212. The fraction of sp³-hybridized carbons (Fsp3) is 0. The predicted molar refractivity (Wildman–Crippen MR) is 20.8 cm³/mol. The minimum atomic E-state index is -0.667. The van der Waals surface area contributed by atoms with Crippen LogP contribution in [0.5, 0.6) is 0 Å². The van der Waals surface area contributed by atoms with Gasteiger partial charge >= 0.3 is 32.3 Å². The third-order valence-corrected chi connectivity index (χ3v) is 0. The van der Waals surface area contributed by atoms with E-state index < -0.39 is 10.5 Å². The van der Waals surface area contributed by atoms with Crippen LogP contribution in [0.4, 0.5) is 0 Å². The third-order valence-electron chi connectivity index (χ3n) is 0. The number of rotatable bonds is 0. The van der Waals surface area contributed by atoms with E-state index in [4.69, 9.17) is 0 Å². The summed E-state index contributed by atoms with van der Waals surface area (Å²) >= 11 is 0. The van der Waals surface area contributed by atoms with Crippen LogP contribution in [0.3, 0.4) is 0 Å². The molecule has 0 aromatic heterocycles. The van der Waals surface area contributed by atoms with Crippen LogP contribution in [0.1, 0.15) is 0 Å². The second kappa shape index (κ2) is 6.50. The Bertz CT molecular complexity index is 222. The minimum absolute atomic E-state index is 0. The molecule has 0 heterocycles. The number of hydrogen-bond acceptors (Lipinski definition) is 0. The predicted octanol–water partition coefficient (Wildman–Crippen LogP) is 2.58. The van der Waals surface area contributed by atoms with Crippen LogP contribution < -0.4 is 0 Å². The summed E-state index contributed by atoms with van der Waals surface area (Å²) in [4.78, 5) is 0. The van der Waals surface area contributed by atoms with Crippen molar-refractivity contribution in [1.29, 1.82) is 0 Å². The van der Waals surface area contributed by atoms with Gasteiger partial charge in [0.25, 0.3) is 0 Å². The Morgan fingerprint density at radius 2 is 1.00 bits per heavy atom. The van der Waals surface area contributed by atoms with Crippen LogP contribution >= 0.6 is 21.8 Å². The van der Waals surface area contributed by atoms with E-state index in [1.54, 1.807) is 0 Å². The van der Waals surface area contributed by atoms with Crippen LogP contribution in [-0.4, -0.2) is 0 Å². The van der Waals surface area contributed by atoms with Gasteiger partial charge in [0.15, 0.2) is 0 Å². The molecule has 0 radical (unpaired) electrons. The summed E-state index contributed by atoms with van der Waals surface area (Å²) in [7, 11) is 10.7. The van der Waals surface area contributed by atoms with Crippen molar-refractivity contribution in [1.82, 2.24) is 0 Å². The van der Waals surface area contributed by atoms with Crippen LogP contribution in [-0.2, 0) is 31.6 Å². The molecule has 0 fully saturated rings. The van der Waals surface area contributed by atoms with Crippen molar-refractivity contribution in [3.63, 3.8) is 0 Å². The first-order chi connectivity index (χ1) is 1.73. The van der Waals surface area contributed by atoms with Gasteiger partial charge in [-0.2, -0.15) is 0 Å². The fourth-order valence-corrected chi connectivity index (χ4v) is 0. The first kappa shape index (κ1) is 10.5. The molecule has 5 heteroatoms. The van der Waals surface area contributed by atoms with Gasteiger partial charge in [0.2, 0.25) is 0 Å². The van der Waals surface area contributed by atoms with Crippen LogP contribution in [0.25, 0.3) is 0 Å². The molecular weight excluding hydrogens is 245 g/mol. The average Bonchev–Trinajstić information content (AvgIpc) is 0.811. The van der Waals surface area contributed by atoms with Gasteiger partial charge < -0.3 is 0 Å². The standard InChI is InChI=1S/Fe.Mo.3P. The fourth-order valence-electron chi connectivity index (χ4n) is 0. The molecule has 0 nitrogen and oxygen atoms in total. The van der Waals surface area contributed by atoms with E-state index in [1.165, 1.54) is 0 Å². The molecule has 0 aliphatic carbocycles. The van der Waals surface area contributed by atoms with E-state index in [-0.39, 0.29) is 21.1 Å². The van der Waals surface area contributed by atoms with E-state index in [0.29, 0.717) is 0 Å². The molecule has 29 valence electrons. The molecule has 0 aliphatic rings. The zero-order valence-corrected chi connectivity index (χ0v) is 7.90. The van der Waals surface area contributed by atoms with E-state index >= 15 is 0 Å². The Morgan fingerprint density at radius 3 is 1.00 bits per heavy atom. The molecule has 0 aromatic carbocycles. The quantitative estimate of drug-likeness (QED) is 0.454. The van der Waals surface area contributed by atoms with Gasteiger partial charge in [-0.15, -0.1) is 0 Å². The molecule has 0 saturated heterocycles. The summed E-state index contributed by atoms with van der Waals surface area (Å²) in [5.74, 6) is 0. The Hall–Kier alpha value is 2.50. The molecule has 0 atom stereocenters. The molecule has 0 aliphatic heterocycles. The van der Waals surface area contributed by atoms with Crippen molar-refractivity contribution in [2.75, 3.05) is 0 Å². The SMILES string of the molecule is [Mo].[P]#[Fe](#[P])#[P]. The van der Waals surface area contributed by atoms with Crippen LogP contribution in [0, 0.1) is 0 Å². The third kappa shape index (κ3) is 21.1. The van der Waals surface area contributed by atoms with E-state index in [0.717, 1.165) is 0 Å². The molecule has 0 saturated carbocycles. The molecule has 0 aromatic rings. The normalized spacial score (nSPS) is 4.20. The van der Waals surface area contributed by atoms with Gasteiger partial charge in [0.1, 0.15) is 0 Å². The molecule has 0 unspecified atom stereocenters. The first-order valence-corrected chi connectivity index (χ1v) is 5.87. The van der Waals surface area contributed by atoms with Gasteiger partial charge in [-0.3, -0.25) is 0 Å². The average molecular weight is 245 g/mol. The van der Waals surface area contributed by atoms with Gasteiger partial charge in [0.05, 0.1) is 0 Å². The molecule has 0 amide bonds. The van der Waals surface area contributed by atoms with Crippen LogP contribution in [0.15, 0.2) is 0 Å². The molecular formula is FeMoP3. The van der Waals surface area contributed by atoms with Crippen molar-refractivity contribution in [3.8, 4) is 0 Å². The van der Waals surface area contributed by atoms with Crippen LogP contribution in [0.2, 0.25) is 0 Å². The summed E-state index contributed by atoms with van der Waals surface area (Å²) < 4.78 is 0. The maximum atomic E-state index is 3.78. The van der Waals surface area contributed by atoms with Crippen molar-refractivity contribution >= 4 is 21.8 Å². The summed E-state index contributed by atoms with van der Waals surface area (Å²) in [5, 5.41) is 0. The Balaban J connectivity index is 0. The van der Waals surface area contributed by atoms with Gasteiger partial charge in [-0.25, -0.2) is 0 Å². The summed E-state index contributed by atoms with van der Waals surface area (Å²) in [6.45, 7) is 0. The molecule has 0 N–H and O–H groups in total. The molecule has 5 heavy (non-hydrogen) atoms. The van der Waals surface area contributed by atoms with Crippen molar-refractivity contribution in [2.45, 2.75) is 0 Å². The summed E-state index contributed by atoms with van der Waals surface area (Å²) in [6.07, 6.45) is 0. The van der Waals surface area contributed by atoms with Gasteiger partial charge in [-0.05, 0) is 0 Å². The van der Waals surface area contributed by atoms with Crippen molar-refractivity contribution < 1.29 is 31.6 Å². The second-order valence-corrected chi connectivity index (χ2v) is 7.87. The first-order valence-electron chi connectivity index (χ1n) is 0.474. The van der Waals surface area contributed by atoms with Crippen molar-refractivity contribution in [3.05, 3.63) is 0 Å². The molecule has 0 spiro atoms. The number of hydrogen-bond donors (Lipinski definition) is 0. The van der Waals surface area contributed by atoms with E-state index in [1.807, 2.05) is 0 Å². The Kier molecular flexibility index (Phi) is 13.6. The van der Waals surface area contributed by atoms with E-state index in [9.17, 15) is 0 Å². The zero-order chi connectivity index (χ0) is 3.58. The molecule has 0 bridgehead atoms. The summed E-state index contributed by atoms with van der Waals surface area (Å²) in [6, 6.07) is 0. The summed E-state index contributed by atoms with van der Waals surface area (Å²) in [5.41, 5.74) is 0. The molecule has 0 rings (SSSR count). The van der Waals surface area contributed by atoms with E-state index in [2.05, 4.69) is 21.8 Å². The van der Waals surface area contributed by atoms with Gasteiger partial charge in [0, 0.05) is 21.1 Å². The monoisotopic (exact) mass is 247 g/mol. The van der Waals surface area contributed by atoms with Gasteiger partial charge in [-0.1, -0.05) is 0 Å².